The standard InChI is InChI=1S/C12H19N5O3S/c18-8-12(3-5-20-6-4-12)13-10(19)7-21-11-14-15-16-17(11)9-1-2-9/h9,18H,1-8H2,(H,13,19). The van der Waals surface area contributed by atoms with Crippen molar-refractivity contribution in [1.29, 1.82) is 0 Å². The van der Waals surface area contributed by atoms with Crippen LogP contribution >= 0.6 is 11.8 Å². The Bertz CT molecular complexity index is 499. The monoisotopic (exact) mass is 313 g/mol. The van der Waals surface area contributed by atoms with E-state index in [-0.39, 0.29) is 18.3 Å². The van der Waals surface area contributed by atoms with Crippen molar-refractivity contribution in [2.75, 3.05) is 25.6 Å². The van der Waals surface area contributed by atoms with Crippen LogP contribution in [0.5, 0.6) is 0 Å². The maximum atomic E-state index is 12.1. The predicted octanol–water partition coefficient (Wildman–Crippen LogP) is -0.242. The lowest BCUT2D eigenvalue weighted by Gasteiger charge is -2.36. The Balaban J connectivity index is 1.52. The van der Waals surface area contributed by atoms with Crippen molar-refractivity contribution < 1.29 is 14.6 Å². The quantitative estimate of drug-likeness (QED) is 0.699. The van der Waals surface area contributed by atoms with Gasteiger partial charge in [-0.1, -0.05) is 11.8 Å². The largest absolute Gasteiger partial charge is 0.394 e. The van der Waals surface area contributed by atoms with E-state index in [1.165, 1.54) is 11.8 Å². The molecule has 0 radical (unpaired) electrons. The van der Waals surface area contributed by atoms with Gasteiger partial charge in [0.15, 0.2) is 0 Å². The zero-order valence-corrected chi connectivity index (χ0v) is 12.5. The van der Waals surface area contributed by atoms with E-state index in [2.05, 4.69) is 20.8 Å². The van der Waals surface area contributed by atoms with Gasteiger partial charge in [-0.25, -0.2) is 4.68 Å². The highest BCUT2D eigenvalue weighted by atomic mass is 32.2. The summed E-state index contributed by atoms with van der Waals surface area (Å²) < 4.78 is 7.06. The number of aromatic nitrogens is 4. The summed E-state index contributed by atoms with van der Waals surface area (Å²) in [5.74, 6) is 0.136. The van der Waals surface area contributed by atoms with E-state index >= 15 is 0 Å². The third-order valence-electron chi connectivity index (χ3n) is 3.84. The summed E-state index contributed by atoms with van der Waals surface area (Å²) >= 11 is 1.33. The van der Waals surface area contributed by atoms with Crippen LogP contribution in [0.2, 0.25) is 0 Å². The molecule has 116 valence electrons. The third kappa shape index (κ3) is 3.53. The lowest BCUT2D eigenvalue weighted by molar-refractivity contribution is -0.122. The van der Waals surface area contributed by atoms with Gasteiger partial charge >= 0.3 is 0 Å². The zero-order chi connectivity index (χ0) is 14.7. The lowest BCUT2D eigenvalue weighted by atomic mass is 9.91. The summed E-state index contributed by atoms with van der Waals surface area (Å²) in [6, 6.07) is 0.393. The van der Waals surface area contributed by atoms with Gasteiger partial charge in [0.05, 0.1) is 23.9 Å². The van der Waals surface area contributed by atoms with Crippen molar-refractivity contribution in [2.45, 2.75) is 42.4 Å². The second kappa shape index (κ2) is 6.29. The molecule has 2 aliphatic rings. The van der Waals surface area contributed by atoms with Gasteiger partial charge in [-0.15, -0.1) is 5.10 Å². The van der Waals surface area contributed by atoms with Crippen LogP contribution in [0.1, 0.15) is 31.7 Å². The molecule has 9 heteroatoms. The minimum absolute atomic E-state index is 0.0629. The van der Waals surface area contributed by atoms with Crippen LogP contribution in [0.3, 0.4) is 0 Å². The number of nitrogens with zero attached hydrogens (tertiary/aromatic N) is 4. The Hall–Kier alpha value is -1.19. The SMILES string of the molecule is O=C(CSc1nnnn1C1CC1)NC1(CO)CCOCC1. The van der Waals surface area contributed by atoms with Gasteiger partial charge in [-0.05, 0) is 36.1 Å². The number of aliphatic hydroxyl groups excluding tert-OH is 1. The maximum Gasteiger partial charge on any atom is 0.230 e. The first kappa shape index (κ1) is 14.7. The van der Waals surface area contributed by atoms with Gasteiger partial charge in [0.1, 0.15) is 0 Å². The van der Waals surface area contributed by atoms with E-state index in [0.717, 1.165) is 12.8 Å². The van der Waals surface area contributed by atoms with E-state index in [1.54, 1.807) is 4.68 Å². The molecule has 0 aromatic carbocycles. The number of ether oxygens (including phenoxy) is 1. The minimum atomic E-state index is -0.543. The zero-order valence-electron chi connectivity index (χ0n) is 11.7. The van der Waals surface area contributed by atoms with Crippen LogP contribution < -0.4 is 5.32 Å². The molecule has 3 rings (SSSR count). The second-order valence-corrected chi connectivity index (χ2v) is 6.47. The molecule has 2 N–H and O–H groups in total. The van der Waals surface area contributed by atoms with Gasteiger partial charge < -0.3 is 15.2 Å². The fourth-order valence-electron chi connectivity index (χ4n) is 2.38. The number of rotatable bonds is 6. The Kier molecular flexibility index (Phi) is 4.41. The molecule has 21 heavy (non-hydrogen) atoms. The first-order chi connectivity index (χ1) is 10.2. The van der Waals surface area contributed by atoms with Crippen LogP contribution in [0, 0.1) is 0 Å². The predicted molar refractivity (Wildman–Crippen MR) is 74.8 cm³/mol. The van der Waals surface area contributed by atoms with Gasteiger partial charge in [-0.3, -0.25) is 4.79 Å². The summed E-state index contributed by atoms with van der Waals surface area (Å²) in [7, 11) is 0. The number of aliphatic hydroxyl groups is 1. The molecule has 1 aliphatic carbocycles. The maximum absolute atomic E-state index is 12.1. The van der Waals surface area contributed by atoms with E-state index in [1.807, 2.05) is 0 Å². The average Bonchev–Trinajstić information content (AvgIpc) is 3.24. The molecule has 1 saturated heterocycles. The van der Waals surface area contributed by atoms with E-state index in [0.29, 0.717) is 37.3 Å². The Morgan fingerprint density at radius 3 is 2.90 bits per heavy atom. The molecule has 1 aliphatic heterocycles. The molecule has 1 saturated carbocycles. The first-order valence-electron chi connectivity index (χ1n) is 7.13. The van der Waals surface area contributed by atoms with Gasteiger partial charge in [-0.2, -0.15) is 0 Å². The summed E-state index contributed by atoms with van der Waals surface area (Å²) in [5, 5.41) is 24.7. The van der Waals surface area contributed by atoms with Crippen LogP contribution in [0.15, 0.2) is 5.16 Å². The first-order valence-corrected chi connectivity index (χ1v) is 8.11. The molecular formula is C12H19N5O3S. The average molecular weight is 313 g/mol. The van der Waals surface area contributed by atoms with Gasteiger partial charge in [0, 0.05) is 13.2 Å². The highest BCUT2D eigenvalue weighted by Crippen LogP contribution is 2.36. The van der Waals surface area contributed by atoms with Crippen LogP contribution in [0.4, 0.5) is 0 Å². The summed E-state index contributed by atoms with van der Waals surface area (Å²) in [4.78, 5) is 12.1. The van der Waals surface area contributed by atoms with E-state index in [4.69, 9.17) is 4.74 Å². The van der Waals surface area contributed by atoms with E-state index in [9.17, 15) is 9.90 Å². The Morgan fingerprint density at radius 2 is 2.24 bits per heavy atom. The third-order valence-corrected chi connectivity index (χ3v) is 4.78. The van der Waals surface area contributed by atoms with Crippen molar-refractivity contribution in [2.24, 2.45) is 0 Å². The number of nitrogens with one attached hydrogen (secondary N) is 1. The molecule has 1 aromatic heterocycles. The Labute approximate surface area is 126 Å². The van der Waals surface area contributed by atoms with Gasteiger partial charge in [0.25, 0.3) is 0 Å². The topological polar surface area (TPSA) is 102 Å². The van der Waals surface area contributed by atoms with Crippen molar-refractivity contribution in [3.8, 4) is 0 Å². The Morgan fingerprint density at radius 1 is 1.48 bits per heavy atom. The molecule has 2 fully saturated rings. The molecule has 0 unspecified atom stereocenters. The van der Waals surface area contributed by atoms with Crippen molar-refractivity contribution in [3.05, 3.63) is 0 Å². The number of hydrogen-bond acceptors (Lipinski definition) is 7. The van der Waals surface area contributed by atoms with Crippen molar-refractivity contribution in [3.63, 3.8) is 0 Å². The minimum Gasteiger partial charge on any atom is -0.394 e. The number of amides is 1. The van der Waals surface area contributed by atoms with E-state index < -0.39 is 5.54 Å². The molecule has 0 bridgehead atoms. The summed E-state index contributed by atoms with van der Waals surface area (Å²) in [5.41, 5.74) is -0.543. The fraction of sp³-hybridized carbons (Fsp3) is 0.833. The molecular weight excluding hydrogens is 294 g/mol. The number of thioether (sulfide) groups is 1. The summed E-state index contributed by atoms with van der Waals surface area (Å²) in [6.45, 7) is 1.06. The molecule has 2 heterocycles. The molecule has 0 atom stereocenters. The number of carbonyl (C=O) groups excluding carboxylic acids is 1. The smallest absolute Gasteiger partial charge is 0.230 e. The number of tetrazole rings is 1. The molecule has 1 aromatic rings. The van der Waals surface area contributed by atoms with Crippen molar-refractivity contribution >= 4 is 17.7 Å². The summed E-state index contributed by atoms with van der Waals surface area (Å²) in [6.07, 6.45) is 3.47. The van der Waals surface area contributed by atoms with Crippen molar-refractivity contribution in [1.82, 2.24) is 25.5 Å². The van der Waals surface area contributed by atoms with Crippen LogP contribution in [-0.4, -0.2) is 62.3 Å². The van der Waals surface area contributed by atoms with Gasteiger partial charge in [0.2, 0.25) is 11.1 Å². The molecule has 0 spiro atoms. The molecule has 1 amide bonds. The number of carbonyl (C=O) groups is 1. The normalized spacial score (nSPS) is 21.2. The van der Waals surface area contributed by atoms with Crippen LogP contribution in [0.25, 0.3) is 0 Å². The van der Waals surface area contributed by atoms with Crippen LogP contribution in [-0.2, 0) is 9.53 Å². The fourth-order valence-corrected chi connectivity index (χ4v) is 3.12. The molecule has 8 nitrogen and oxygen atoms in total. The highest BCUT2D eigenvalue weighted by Gasteiger charge is 2.34. The lowest BCUT2D eigenvalue weighted by Crippen LogP contribution is -2.55. The second-order valence-electron chi connectivity index (χ2n) is 5.52. The number of hydrogen-bond donors (Lipinski definition) is 2. The highest BCUT2D eigenvalue weighted by molar-refractivity contribution is 7.99.